The van der Waals surface area contributed by atoms with Crippen LogP contribution in [0, 0.1) is 0 Å². The van der Waals surface area contributed by atoms with Gasteiger partial charge in [0, 0.05) is 20.1 Å². The fourth-order valence-electron chi connectivity index (χ4n) is 1.70. The number of carbonyl (C=O) groups is 2. The Morgan fingerprint density at radius 2 is 2.06 bits per heavy atom. The second kappa shape index (κ2) is 6.32. The molecule has 1 rings (SSSR count). The summed E-state index contributed by atoms with van der Waals surface area (Å²) in [6.07, 6.45) is 1.66. The molecule has 0 aromatic carbocycles. The zero-order valence-corrected chi connectivity index (χ0v) is 9.44. The summed E-state index contributed by atoms with van der Waals surface area (Å²) >= 11 is 0. The van der Waals surface area contributed by atoms with E-state index in [1.807, 2.05) is 0 Å². The van der Waals surface area contributed by atoms with Gasteiger partial charge in [0.15, 0.2) is 0 Å². The van der Waals surface area contributed by atoms with Gasteiger partial charge in [-0.2, -0.15) is 0 Å². The van der Waals surface area contributed by atoms with Crippen molar-refractivity contribution in [3.63, 3.8) is 0 Å². The molecule has 0 saturated carbocycles. The number of aliphatic carboxylic acids is 1. The summed E-state index contributed by atoms with van der Waals surface area (Å²) in [5.74, 6) is -0.845. The summed E-state index contributed by atoms with van der Waals surface area (Å²) in [4.78, 5) is 23.3. The van der Waals surface area contributed by atoms with Crippen LogP contribution < -0.4 is 5.32 Å². The molecule has 16 heavy (non-hydrogen) atoms. The highest BCUT2D eigenvalue weighted by Gasteiger charge is 2.22. The largest absolute Gasteiger partial charge is 0.481 e. The summed E-state index contributed by atoms with van der Waals surface area (Å²) in [7, 11) is 1.61. The van der Waals surface area contributed by atoms with E-state index in [0.717, 1.165) is 12.8 Å². The third-order valence-electron chi connectivity index (χ3n) is 2.61. The molecule has 0 radical (unpaired) electrons. The molecule has 6 heteroatoms. The topological polar surface area (TPSA) is 78.9 Å². The highest BCUT2D eigenvalue weighted by molar-refractivity contribution is 5.73. The lowest BCUT2D eigenvalue weighted by atomic mass is 10.1. The van der Waals surface area contributed by atoms with Crippen LogP contribution in [0.4, 0.5) is 4.79 Å². The van der Waals surface area contributed by atoms with Crippen molar-refractivity contribution in [2.75, 3.05) is 26.7 Å². The van der Waals surface area contributed by atoms with Crippen LogP contribution in [0.15, 0.2) is 0 Å². The monoisotopic (exact) mass is 230 g/mol. The number of rotatable bonds is 4. The SMILES string of the molecule is CNC(=O)N1CCC(OCCC(=O)O)CC1. The number of likely N-dealkylation sites (tertiary alicyclic amines) is 1. The molecule has 0 spiro atoms. The highest BCUT2D eigenvalue weighted by Crippen LogP contribution is 2.13. The van der Waals surface area contributed by atoms with Crippen molar-refractivity contribution in [1.82, 2.24) is 10.2 Å². The quantitative estimate of drug-likeness (QED) is 0.727. The molecule has 0 aliphatic carbocycles. The number of carboxylic acid groups (broad SMARTS) is 1. The first-order valence-corrected chi connectivity index (χ1v) is 5.43. The Balaban J connectivity index is 2.17. The number of ether oxygens (including phenoxy) is 1. The second-order valence-electron chi connectivity index (χ2n) is 3.76. The van der Waals surface area contributed by atoms with E-state index in [9.17, 15) is 9.59 Å². The molecule has 2 N–H and O–H groups in total. The molecule has 1 aliphatic rings. The summed E-state index contributed by atoms with van der Waals surface area (Å²) in [6, 6.07) is -0.0658. The van der Waals surface area contributed by atoms with Gasteiger partial charge in [0.2, 0.25) is 0 Å². The first-order valence-electron chi connectivity index (χ1n) is 5.43. The summed E-state index contributed by atoms with van der Waals surface area (Å²) < 4.78 is 5.42. The molecule has 0 bridgehead atoms. The lowest BCUT2D eigenvalue weighted by Gasteiger charge is -2.31. The number of urea groups is 1. The number of piperidine rings is 1. The molecular weight excluding hydrogens is 212 g/mol. The van der Waals surface area contributed by atoms with Crippen LogP contribution in [0.1, 0.15) is 19.3 Å². The highest BCUT2D eigenvalue weighted by atomic mass is 16.5. The van der Waals surface area contributed by atoms with Gasteiger partial charge in [-0.05, 0) is 12.8 Å². The number of nitrogens with zero attached hydrogens (tertiary/aromatic N) is 1. The van der Waals surface area contributed by atoms with Gasteiger partial charge in [0.25, 0.3) is 0 Å². The number of amides is 2. The minimum Gasteiger partial charge on any atom is -0.481 e. The molecule has 1 fully saturated rings. The molecule has 6 nitrogen and oxygen atoms in total. The fraction of sp³-hybridized carbons (Fsp3) is 0.800. The molecule has 2 amide bonds. The molecule has 92 valence electrons. The Morgan fingerprint density at radius 3 is 2.56 bits per heavy atom. The second-order valence-corrected chi connectivity index (χ2v) is 3.76. The average Bonchev–Trinajstić information content (AvgIpc) is 2.28. The van der Waals surface area contributed by atoms with Gasteiger partial charge in [-0.15, -0.1) is 0 Å². The smallest absolute Gasteiger partial charge is 0.317 e. The maximum Gasteiger partial charge on any atom is 0.317 e. The van der Waals surface area contributed by atoms with Gasteiger partial charge in [-0.3, -0.25) is 4.79 Å². The van der Waals surface area contributed by atoms with Gasteiger partial charge in [-0.25, -0.2) is 4.79 Å². The third-order valence-corrected chi connectivity index (χ3v) is 2.61. The Hall–Kier alpha value is -1.30. The standard InChI is InChI=1S/C10H18N2O4/c1-11-10(15)12-5-2-8(3-6-12)16-7-4-9(13)14/h8H,2-7H2,1H3,(H,11,15)(H,13,14). The number of hydrogen-bond acceptors (Lipinski definition) is 3. The Bertz CT molecular complexity index is 249. The van der Waals surface area contributed by atoms with Crippen LogP contribution in [0.2, 0.25) is 0 Å². The Morgan fingerprint density at radius 1 is 1.44 bits per heavy atom. The predicted molar refractivity (Wildman–Crippen MR) is 57.3 cm³/mol. The van der Waals surface area contributed by atoms with Crippen LogP contribution in [-0.4, -0.2) is 54.9 Å². The van der Waals surface area contributed by atoms with Crippen molar-refractivity contribution < 1.29 is 19.4 Å². The number of carboxylic acids is 1. The minimum absolute atomic E-state index is 0.0374. The van der Waals surface area contributed by atoms with Gasteiger partial charge in [0.1, 0.15) is 0 Å². The van der Waals surface area contributed by atoms with Crippen molar-refractivity contribution in [3.8, 4) is 0 Å². The lowest BCUT2D eigenvalue weighted by Crippen LogP contribution is -2.44. The van der Waals surface area contributed by atoms with E-state index in [0.29, 0.717) is 13.1 Å². The van der Waals surface area contributed by atoms with Crippen LogP contribution in [0.3, 0.4) is 0 Å². The molecule has 1 heterocycles. The minimum atomic E-state index is -0.845. The predicted octanol–water partition coefficient (Wildman–Crippen LogP) is 0.281. The van der Waals surface area contributed by atoms with E-state index in [1.165, 1.54) is 0 Å². The average molecular weight is 230 g/mol. The van der Waals surface area contributed by atoms with Gasteiger partial charge >= 0.3 is 12.0 Å². The van der Waals surface area contributed by atoms with Crippen molar-refractivity contribution in [2.24, 2.45) is 0 Å². The first-order chi connectivity index (χ1) is 7.63. The fourth-order valence-corrected chi connectivity index (χ4v) is 1.70. The summed E-state index contributed by atoms with van der Waals surface area (Å²) in [5, 5.41) is 11.0. The Kier molecular flexibility index (Phi) is 5.04. The zero-order valence-electron chi connectivity index (χ0n) is 9.44. The molecule has 0 atom stereocenters. The van der Waals surface area contributed by atoms with Gasteiger partial charge < -0.3 is 20.1 Å². The molecule has 1 saturated heterocycles. The lowest BCUT2D eigenvalue weighted by molar-refractivity contribution is -0.138. The molecule has 1 aliphatic heterocycles. The maximum atomic E-state index is 11.3. The van der Waals surface area contributed by atoms with Crippen molar-refractivity contribution in [2.45, 2.75) is 25.4 Å². The third kappa shape index (κ3) is 4.06. The summed E-state index contributed by atoms with van der Waals surface area (Å²) in [6.45, 7) is 1.58. The number of nitrogens with one attached hydrogen (secondary N) is 1. The normalized spacial score (nSPS) is 17.2. The maximum absolute atomic E-state index is 11.3. The molecular formula is C10H18N2O4. The van der Waals surface area contributed by atoms with E-state index in [4.69, 9.17) is 9.84 Å². The van der Waals surface area contributed by atoms with Crippen molar-refractivity contribution >= 4 is 12.0 Å². The van der Waals surface area contributed by atoms with E-state index < -0.39 is 5.97 Å². The molecule has 0 aromatic heterocycles. The molecule has 0 unspecified atom stereocenters. The first kappa shape index (κ1) is 12.8. The number of carbonyl (C=O) groups excluding carboxylic acids is 1. The van der Waals surface area contributed by atoms with Crippen LogP contribution >= 0.6 is 0 Å². The number of hydrogen-bond donors (Lipinski definition) is 2. The van der Waals surface area contributed by atoms with Crippen molar-refractivity contribution in [1.29, 1.82) is 0 Å². The van der Waals surface area contributed by atoms with Crippen LogP contribution in [0.5, 0.6) is 0 Å². The van der Waals surface area contributed by atoms with E-state index in [2.05, 4.69) is 5.32 Å². The summed E-state index contributed by atoms with van der Waals surface area (Å²) in [5.41, 5.74) is 0. The van der Waals surface area contributed by atoms with E-state index in [1.54, 1.807) is 11.9 Å². The zero-order chi connectivity index (χ0) is 12.0. The van der Waals surface area contributed by atoms with Crippen LogP contribution in [-0.2, 0) is 9.53 Å². The van der Waals surface area contributed by atoms with E-state index in [-0.39, 0.29) is 25.2 Å². The van der Waals surface area contributed by atoms with Gasteiger partial charge in [0.05, 0.1) is 19.1 Å². The van der Waals surface area contributed by atoms with Gasteiger partial charge in [-0.1, -0.05) is 0 Å². The van der Waals surface area contributed by atoms with E-state index >= 15 is 0 Å². The molecule has 0 aromatic rings. The van der Waals surface area contributed by atoms with Crippen molar-refractivity contribution in [3.05, 3.63) is 0 Å². The van der Waals surface area contributed by atoms with Crippen LogP contribution in [0.25, 0.3) is 0 Å². The Labute approximate surface area is 94.6 Å².